The molecule has 1 N–H and O–H groups in total. The molecule has 2 aromatic heterocycles. The molecular formula is C22H24FN5O. The molecule has 0 bridgehead atoms. The Morgan fingerprint density at radius 2 is 1.83 bits per heavy atom. The lowest BCUT2D eigenvalue weighted by atomic mass is 9.92. The first-order chi connectivity index (χ1) is 14.0. The molecular weight excluding hydrogens is 369 g/mol. The summed E-state index contributed by atoms with van der Waals surface area (Å²) in [4.78, 5) is 10.4. The maximum absolute atomic E-state index is 14.2. The molecule has 2 atom stereocenters. The van der Waals surface area contributed by atoms with E-state index in [9.17, 15) is 9.50 Å². The molecule has 0 spiro atoms. The molecule has 3 aromatic rings. The monoisotopic (exact) mass is 393 g/mol. The molecule has 29 heavy (non-hydrogen) atoms. The van der Waals surface area contributed by atoms with E-state index in [1.165, 1.54) is 0 Å². The average Bonchev–Trinajstić information content (AvgIpc) is 2.74. The summed E-state index contributed by atoms with van der Waals surface area (Å²) in [5, 5.41) is 19.0. The summed E-state index contributed by atoms with van der Waals surface area (Å²) < 4.78 is 14.2. The second kappa shape index (κ2) is 8.11. The summed E-state index contributed by atoms with van der Waals surface area (Å²) in [5.41, 5.74) is 3.43. The molecule has 0 saturated heterocycles. The summed E-state index contributed by atoms with van der Waals surface area (Å²) in [6.45, 7) is 1.87. The van der Waals surface area contributed by atoms with Gasteiger partial charge in [0.05, 0.1) is 29.3 Å². The highest BCUT2D eigenvalue weighted by Gasteiger charge is 2.29. The maximum atomic E-state index is 14.2. The highest BCUT2D eigenvalue weighted by molar-refractivity contribution is 5.72. The number of phenols is 1. The highest BCUT2D eigenvalue weighted by atomic mass is 19.1. The molecule has 150 valence electrons. The van der Waals surface area contributed by atoms with Crippen LogP contribution in [0.15, 0.2) is 42.7 Å². The SMILES string of the molecule is Cc1cnc(-c2ccc(-c3ccc(N(C)[C@@H]4CCCC[C@@H]4F)nn3)c(O)c2)cn1. The van der Waals surface area contributed by atoms with Gasteiger partial charge in [0.2, 0.25) is 0 Å². The summed E-state index contributed by atoms with van der Waals surface area (Å²) in [7, 11) is 1.86. The van der Waals surface area contributed by atoms with Crippen molar-refractivity contribution in [3.05, 3.63) is 48.4 Å². The minimum Gasteiger partial charge on any atom is -0.507 e. The van der Waals surface area contributed by atoms with E-state index in [0.29, 0.717) is 29.2 Å². The van der Waals surface area contributed by atoms with Gasteiger partial charge in [0.1, 0.15) is 11.9 Å². The third-order valence-electron chi connectivity index (χ3n) is 5.51. The van der Waals surface area contributed by atoms with Gasteiger partial charge in [-0.3, -0.25) is 9.97 Å². The van der Waals surface area contributed by atoms with Crippen molar-refractivity contribution in [3.8, 4) is 28.3 Å². The minimum absolute atomic E-state index is 0.0939. The molecule has 0 radical (unpaired) electrons. The Balaban J connectivity index is 1.55. The second-order valence-corrected chi connectivity index (χ2v) is 7.53. The number of aromatic nitrogens is 4. The Labute approximate surface area is 169 Å². The molecule has 1 fully saturated rings. The molecule has 1 aliphatic rings. The van der Waals surface area contributed by atoms with E-state index in [1.807, 2.05) is 31.0 Å². The van der Waals surface area contributed by atoms with Gasteiger partial charge in [0.25, 0.3) is 0 Å². The van der Waals surface area contributed by atoms with Crippen molar-refractivity contribution in [2.45, 2.75) is 44.8 Å². The number of aryl methyl sites for hydroxylation is 1. The van der Waals surface area contributed by atoms with Crippen molar-refractivity contribution in [3.63, 3.8) is 0 Å². The van der Waals surface area contributed by atoms with Crippen LogP contribution in [-0.4, -0.2) is 44.5 Å². The van der Waals surface area contributed by atoms with E-state index < -0.39 is 6.17 Å². The van der Waals surface area contributed by atoms with Gasteiger partial charge in [-0.1, -0.05) is 18.9 Å². The van der Waals surface area contributed by atoms with Gasteiger partial charge < -0.3 is 10.0 Å². The second-order valence-electron chi connectivity index (χ2n) is 7.53. The van der Waals surface area contributed by atoms with Crippen molar-refractivity contribution >= 4 is 5.82 Å². The van der Waals surface area contributed by atoms with Gasteiger partial charge in [-0.05, 0) is 44.0 Å². The largest absolute Gasteiger partial charge is 0.507 e. The van der Waals surface area contributed by atoms with Crippen molar-refractivity contribution in [1.82, 2.24) is 20.2 Å². The van der Waals surface area contributed by atoms with Gasteiger partial charge in [-0.25, -0.2) is 4.39 Å². The number of rotatable bonds is 4. The van der Waals surface area contributed by atoms with Crippen LogP contribution in [0.4, 0.5) is 10.2 Å². The summed E-state index contributed by atoms with van der Waals surface area (Å²) in [5.74, 6) is 0.728. The molecule has 0 aliphatic heterocycles. The van der Waals surface area contributed by atoms with E-state index in [-0.39, 0.29) is 11.8 Å². The molecule has 7 heteroatoms. The third-order valence-corrected chi connectivity index (χ3v) is 5.51. The van der Waals surface area contributed by atoms with Gasteiger partial charge in [-0.2, -0.15) is 0 Å². The number of hydrogen-bond donors (Lipinski definition) is 1. The predicted octanol–water partition coefficient (Wildman–Crippen LogP) is 4.33. The van der Waals surface area contributed by atoms with Gasteiger partial charge >= 0.3 is 0 Å². The number of phenolic OH excluding ortho intramolecular Hbond substituents is 1. The van der Waals surface area contributed by atoms with E-state index in [0.717, 1.165) is 30.5 Å². The number of hydrogen-bond acceptors (Lipinski definition) is 6. The zero-order chi connectivity index (χ0) is 20.4. The number of nitrogens with zero attached hydrogens (tertiary/aromatic N) is 5. The van der Waals surface area contributed by atoms with Gasteiger partial charge in [-0.15, -0.1) is 10.2 Å². The smallest absolute Gasteiger partial charge is 0.151 e. The van der Waals surface area contributed by atoms with Crippen molar-refractivity contribution in [1.29, 1.82) is 0 Å². The number of aromatic hydroxyl groups is 1. The van der Waals surface area contributed by atoms with Crippen LogP contribution >= 0.6 is 0 Å². The first kappa shape index (κ1) is 19.2. The Morgan fingerprint density at radius 3 is 2.48 bits per heavy atom. The Morgan fingerprint density at radius 1 is 1.00 bits per heavy atom. The minimum atomic E-state index is -0.836. The van der Waals surface area contributed by atoms with Crippen LogP contribution in [0.5, 0.6) is 5.75 Å². The molecule has 4 rings (SSSR count). The van der Waals surface area contributed by atoms with Crippen LogP contribution in [0.1, 0.15) is 31.4 Å². The zero-order valence-electron chi connectivity index (χ0n) is 16.6. The Bertz CT molecular complexity index is 977. The normalized spacial score (nSPS) is 19.1. The maximum Gasteiger partial charge on any atom is 0.151 e. The highest BCUT2D eigenvalue weighted by Crippen LogP contribution is 2.32. The molecule has 1 saturated carbocycles. The Hall–Kier alpha value is -3.09. The molecule has 2 heterocycles. The molecule has 6 nitrogen and oxygen atoms in total. The summed E-state index contributed by atoms with van der Waals surface area (Å²) >= 11 is 0. The number of anilines is 1. The molecule has 0 amide bonds. The fourth-order valence-electron chi connectivity index (χ4n) is 3.78. The molecule has 1 aliphatic carbocycles. The molecule has 1 aromatic carbocycles. The van der Waals surface area contributed by atoms with E-state index >= 15 is 0 Å². The van der Waals surface area contributed by atoms with Gasteiger partial charge in [0.15, 0.2) is 5.82 Å². The average molecular weight is 393 g/mol. The van der Waals surface area contributed by atoms with Crippen LogP contribution in [0.25, 0.3) is 22.5 Å². The standard InChI is InChI=1S/C22H24FN5O/c1-14-12-25-19(13-24-14)15-7-8-16(21(29)11-15)18-9-10-22(27-26-18)28(2)20-6-4-3-5-17(20)23/h7-13,17,20,29H,3-6H2,1-2H3/t17-,20+/m0/s1. The fourth-order valence-corrected chi connectivity index (χ4v) is 3.78. The number of benzene rings is 1. The lowest BCUT2D eigenvalue weighted by molar-refractivity contribution is 0.213. The van der Waals surface area contributed by atoms with Crippen LogP contribution in [-0.2, 0) is 0 Å². The lowest BCUT2D eigenvalue weighted by Gasteiger charge is -2.34. The van der Waals surface area contributed by atoms with Crippen LogP contribution in [0.3, 0.4) is 0 Å². The van der Waals surface area contributed by atoms with Crippen molar-refractivity contribution in [2.24, 2.45) is 0 Å². The lowest BCUT2D eigenvalue weighted by Crippen LogP contribution is -2.41. The Kier molecular flexibility index (Phi) is 5.38. The topological polar surface area (TPSA) is 75.0 Å². The third kappa shape index (κ3) is 4.04. The summed E-state index contributed by atoms with van der Waals surface area (Å²) in [6, 6.07) is 8.76. The van der Waals surface area contributed by atoms with E-state index in [1.54, 1.807) is 30.6 Å². The van der Waals surface area contributed by atoms with Crippen LogP contribution in [0, 0.1) is 6.92 Å². The first-order valence-electron chi connectivity index (χ1n) is 9.86. The quantitative estimate of drug-likeness (QED) is 0.711. The number of halogens is 1. The fraction of sp³-hybridized carbons (Fsp3) is 0.364. The van der Waals surface area contributed by atoms with Crippen LogP contribution in [0.2, 0.25) is 0 Å². The summed E-state index contributed by atoms with van der Waals surface area (Å²) in [6.07, 6.45) is 5.94. The number of alkyl halides is 1. The molecule has 0 unspecified atom stereocenters. The van der Waals surface area contributed by atoms with E-state index in [4.69, 9.17) is 0 Å². The predicted molar refractivity (Wildman–Crippen MR) is 110 cm³/mol. The van der Waals surface area contributed by atoms with Gasteiger partial charge in [0, 0.05) is 24.4 Å². The van der Waals surface area contributed by atoms with Crippen LogP contribution < -0.4 is 4.90 Å². The van der Waals surface area contributed by atoms with Crippen molar-refractivity contribution in [2.75, 3.05) is 11.9 Å². The first-order valence-corrected chi connectivity index (χ1v) is 9.86. The zero-order valence-corrected chi connectivity index (χ0v) is 16.6. The van der Waals surface area contributed by atoms with E-state index in [2.05, 4.69) is 20.2 Å². The van der Waals surface area contributed by atoms with Crippen molar-refractivity contribution < 1.29 is 9.50 Å².